The molecule has 11 atom stereocenters. The Hall–Kier alpha value is -1.95. The van der Waals surface area contributed by atoms with Gasteiger partial charge in [-0.25, -0.2) is 0 Å². The zero-order valence-corrected chi connectivity index (χ0v) is 29.6. The number of carbonyl (C=O) groups excluding carboxylic acids is 3. The fraction of sp³-hybridized carbons (Fsp3) is 0.711. The van der Waals surface area contributed by atoms with Crippen LogP contribution in [0.15, 0.2) is 40.4 Å². The fourth-order valence-electron chi connectivity index (χ4n) is 11.9. The number of hydrogen-bond acceptors (Lipinski definition) is 4. The summed E-state index contributed by atoms with van der Waals surface area (Å²) in [5.74, 6) is 1.12. The minimum atomic E-state index is -0.987. The number of carbonyl (C=O) groups is 3. The second-order valence-electron chi connectivity index (χ2n) is 16.6. The summed E-state index contributed by atoms with van der Waals surface area (Å²) in [4.78, 5) is 41.6. The van der Waals surface area contributed by atoms with Crippen molar-refractivity contribution in [1.29, 1.82) is 0 Å². The fourth-order valence-corrected chi connectivity index (χ4v) is 12.2. The average Bonchev–Trinajstić information content (AvgIpc) is 2.95. The van der Waals surface area contributed by atoms with Crippen LogP contribution in [0.5, 0.6) is 0 Å². The third-order valence-electron chi connectivity index (χ3n) is 14.7. The SMILES string of the molecule is CC(=O)O[C@@H]1CC[C@@]2(C)C(CC[C@]3(C)C2C(=O)C=C2C4[C@@H](C)[C@H](C)CC[C@]4(C)CC[C@]23C)[C@@]1(C)C(=O)Nc1ccccc1Br. The Morgan fingerprint density at radius 1 is 0.932 bits per heavy atom. The Bertz CT molecular complexity index is 1420. The number of fused-ring (bicyclic) bond motifs is 7. The van der Waals surface area contributed by atoms with Gasteiger partial charge in [0.1, 0.15) is 6.10 Å². The molecule has 5 aliphatic rings. The minimum Gasteiger partial charge on any atom is -0.461 e. The first-order valence-corrected chi connectivity index (χ1v) is 17.8. The highest BCUT2D eigenvalue weighted by molar-refractivity contribution is 9.10. The van der Waals surface area contributed by atoms with Gasteiger partial charge in [0.25, 0.3) is 0 Å². The largest absolute Gasteiger partial charge is 0.461 e. The van der Waals surface area contributed by atoms with Crippen LogP contribution in [0.3, 0.4) is 0 Å². The van der Waals surface area contributed by atoms with Crippen molar-refractivity contribution in [3.8, 4) is 0 Å². The number of rotatable bonds is 3. The molecule has 1 aromatic carbocycles. The van der Waals surface area contributed by atoms with Crippen molar-refractivity contribution in [2.75, 3.05) is 5.32 Å². The van der Waals surface area contributed by atoms with Gasteiger partial charge in [0.15, 0.2) is 5.78 Å². The summed E-state index contributed by atoms with van der Waals surface area (Å²) in [7, 11) is 0. The van der Waals surface area contributed by atoms with Gasteiger partial charge in [-0.15, -0.1) is 0 Å². The maximum atomic E-state index is 14.8. The number of ether oxygens (including phenoxy) is 1. The van der Waals surface area contributed by atoms with Crippen LogP contribution in [0.1, 0.15) is 107 Å². The van der Waals surface area contributed by atoms with Crippen LogP contribution in [0.2, 0.25) is 0 Å². The third-order valence-corrected chi connectivity index (χ3v) is 15.4. The molecule has 4 fully saturated rings. The number of anilines is 1. The van der Waals surface area contributed by atoms with Gasteiger partial charge in [0.2, 0.25) is 5.91 Å². The zero-order chi connectivity index (χ0) is 32.0. The topological polar surface area (TPSA) is 72.5 Å². The second kappa shape index (κ2) is 10.5. The number of esters is 1. The monoisotopic (exact) mass is 665 g/mol. The summed E-state index contributed by atoms with van der Waals surface area (Å²) in [6, 6.07) is 7.61. The summed E-state index contributed by atoms with van der Waals surface area (Å²) >= 11 is 3.58. The lowest BCUT2D eigenvalue weighted by atomic mass is 9.33. The molecule has 0 aromatic heterocycles. The molecule has 0 spiro atoms. The van der Waals surface area contributed by atoms with Gasteiger partial charge >= 0.3 is 5.97 Å². The molecule has 4 saturated carbocycles. The Morgan fingerprint density at radius 2 is 1.64 bits per heavy atom. The van der Waals surface area contributed by atoms with Crippen molar-refractivity contribution in [2.24, 2.45) is 56.7 Å². The molecule has 44 heavy (non-hydrogen) atoms. The quantitative estimate of drug-likeness (QED) is 0.327. The van der Waals surface area contributed by atoms with E-state index in [1.54, 1.807) is 0 Å². The summed E-state index contributed by atoms with van der Waals surface area (Å²) in [5.41, 5.74) is 0.732. The van der Waals surface area contributed by atoms with E-state index in [9.17, 15) is 14.4 Å². The first kappa shape index (κ1) is 32.0. The number of halogens is 1. The summed E-state index contributed by atoms with van der Waals surface area (Å²) in [6.45, 7) is 17.9. The van der Waals surface area contributed by atoms with E-state index in [0.717, 1.165) is 30.2 Å². The first-order valence-electron chi connectivity index (χ1n) is 17.0. The van der Waals surface area contributed by atoms with Crippen LogP contribution >= 0.6 is 15.9 Å². The number of amides is 1. The van der Waals surface area contributed by atoms with Gasteiger partial charge in [0, 0.05) is 17.3 Å². The normalized spacial score (nSPS) is 46.4. The standard InChI is InChI=1S/C38H52BrNO4/c1-22-13-16-34(4)19-20-36(6)25(31(34)23(22)2)21-28(42)32-35(5)17-15-30(44-24(3)41)38(8,29(35)14-18-37(32,36)7)33(43)40-27-12-10-9-11-26(27)39/h9-12,21-23,29-32H,13-20H2,1-8H3,(H,40,43)/t22-,23+,29?,30-,31?,32?,34-,35+,36-,37-,38-/m1/s1. The number of benzene rings is 1. The van der Waals surface area contributed by atoms with Crippen LogP contribution in [0, 0.1) is 56.7 Å². The molecule has 0 radical (unpaired) electrons. The highest BCUT2D eigenvalue weighted by Gasteiger charge is 2.72. The lowest BCUT2D eigenvalue weighted by molar-refractivity contribution is -0.212. The van der Waals surface area contributed by atoms with Crippen molar-refractivity contribution < 1.29 is 19.1 Å². The van der Waals surface area contributed by atoms with E-state index < -0.39 is 16.9 Å². The van der Waals surface area contributed by atoms with Gasteiger partial charge < -0.3 is 10.1 Å². The average molecular weight is 667 g/mol. The van der Waals surface area contributed by atoms with E-state index in [1.165, 1.54) is 31.8 Å². The van der Waals surface area contributed by atoms with Crippen LogP contribution in [0.4, 0.5) is 5.69 Å². The summed E-state index contributed by atoms with van der Waals surface area (Å²) in [5, 5.41) is 3.19. The minimum absolute atomic E-state index is 0.0602. The number of allylic oxidation sites excluding steroid dienone is 2. The molecule has 5 nitrogen and oxygen atoms in total. The van der Waals surface area contributed by atoms with E-state index in [1.807, 2.05) is 31.2 Å². The molecule has 0 bridgehead atoms. The van der Waals surface area contributed by atoms with E-state index in [2.05, 4.69) is 68.9 Å². The van der Waals surface area contributed by atoms with E-state index in [0.29, 0.717) is 29.9 Å². The van der Waals surface area contributed by atoms with Gasteiger partial charge in [-0.3, -0.25) is 14.4 Å². The predicted molar refractivity (Wildman–Crippen MR) is 178 cm³/mol. The van der Waals surface area contributed by atoms with Gasteiger partial charge in [-0.05, 0) is 138 Å². The Morgan fingerprint density at radius 3 is 2.32 bits per heavy atom. The van der Waals surface area contributed by atoms with E-state index in [-0.39, 0.29) is 45.7 Å². The van der Waals surface area contributed by atoms with Crippen molar-refractivity contribution in [2.45, 2.75) is 113 Å². The van der Waals surface area contributed by atoms with E-state index >= 15 is 0 Å². The molecule has 0 saturated heterocycles. The number of para-hydroxylation sites is 1. The van der Waals surface area contributed by atoms with Gasteiger partial charge in [-0.1, -0.05) is 59.2 Å². The molecule has 1 aromatic rings. The molecule has 0 aliphatic heterocycles. The molecule has 3 unspecified atom stereocenters. The van der Waals surface area contributed by atoms with Crippen molar-refractivity contribution in [3.05, 3.63) is 40.4 Å². The van der Waals surface area contributed by atoms with Crippen LogP contribution in [-0.4, -0.2) is 23.8 Å². The van der Waals surface area contributed by atoms with Gasteiger partial charge in [0.05, 0.1) is 11.1 Å². The molecule has 0 heterocycles. The zero-order valence-electron chi connectivity index (χ0n) is 28.0. The summed E-state index contributed by atoms with van der Waals surface area (Å²) < 4.78 is 6.77. The van der Waals surface area contributed by atoms with Crippen LogP contribution in [-0.2, 0) is 19.1 Å². The molecule has 6 rings (SSSR count). The van der Waals surface area contributed by atoms with Crippen molar-refractivity contribution in [1.82, 2.24) is 0 Å². The number of nitrogens with one attached hydrogen (secondary N) is 1. The van der Waals surface area contributed by atoms with Crippen LogP contribution in [0.25, 0.3) is 0 Å². The molecule has 5 aliphatic carbocycles. The van der Waals surface area contributed by atoms with Crippen LogP contribution < -0.4 is 5.32 Å². The Balaban J connectivity index is 1.44. The molecular formula is C38H52BrNO4. The van der Waals surface area contributed by atoms with Crippen molar-refractivity contribution in [3.63, 3.8) is 0 Å². The van der Waals surface area contributed by atoms with Gasteiger partial charge in [-0.2, -0.15) is 0 Å². The molecule has 1 N–H and O–H groups in total. The smallest absolute Gasteiger partial charge is 0.302 e. The lowest BCUT2D eigenvalue weighted by Crippen LogP contribution is -2.68. The second-order valence-corrected chi connectivity index (χ2v) is 17.5. The first-order chi connectivity index (χ1) is 20.5. The maximum absolute atomic E-state index is 14.8. The molecular weight excluding hydrogens is 614 g/mol. The third kappa shape index (κ3) is 4.31. The van der Waals surface area contributed by atoms with E-state index in [4.69, 9.17) is 4.74 Å². The lowest BCUT2D eigenvalue weighted by Gasteiger charge is -2.70. The molecule has 1 amide bonds. The molecule has 240 valence electrons. The highest BCUT2D eigenvalue weighted by Crippen LogP contribution is 2.75. The van der Waals surface area contributed by atoms with Crippen molar-refractivity contribution >= 4 is 39.3 Å². The number of hydrogen-bond donors (Lipinski definition) is 1. The maximum Gasteiger partial charge on any atom is 0.302 e. The Labute approximate surface area is 272 Å². The highest BCUT2D eigenvalue weighted by atomic mass is 79.9. The number of ketones is 1. The summed E-state index contributed by atoms with van der Waals surface area (Å²) in [6.07, 6.45) is 9.44. The Kier molecular flexibility index (Phi) is 7.67. The predicted octanol–water partition coefficient (Wildman–Crippen LogP) is 9.16. The molecule has 6 heteroatoms.